The molecule has 0 aliphatic carbocycles. The van der Waals surface area contributed by atoms with Crippen molar-refractivity contribution in [1.29, 1.82) is 0 Å². The zero-order chi connectivity index (χ0) is 16.2. The van der Waals surface area contributed by atoms with Crippen molar-refractivity contribution in [3.63, 3.8) is 0 Å². The van der Waals surface area contributed by atoms with Gasteiger partial charge in [-0.15, -0.1) is 11.3 Å². The summed E-state index contributed by atoms with van der Waals surface area (Å²) in [6.07, 6.45) is 0.995. The third-order valence-corrected chi connectivity index (χ3v) is 5.18. The van der Waals surface area contributed by atoms with Gasteiger partial charge >= 0.3 is 0 Å². The number of carbonyl (C=O) groups excluding carboxylic acids is 1. The van der Waals surface area contributed by atoms with Crippen molar-refractivity contribution in [2.75, 3.05) is 31.1 Å². The Kier molecular flexibility index (Phi) is 4.93. The van der Waals surface area contributed by atoms with Crippen LogP contribution in [0.1, 0.15) is 23.7 Å². The van der Waals surface area contributed by atoms with E-state index in [1.807, 2.05) is 37.3 Å². The number of amides is 1. The Hall–Kier alpha value is -1.92. The first-order chi connectivity index (χ1) is 11.1. The first-order valence-electron chi connectivity index (χ1n) is 7.90. The van der Waals surface area contributed by atoms with E-state index < -0.39 is 0 Å². The topological polar surface area (TPSA) is 62.5 Å². The van der Waals surface area contributed by atoms with E-state index in [9.17, 15) is 4.79 Å². The number of aromatic nitrogens is 1. The molecule has 1 saturated heterocycles. The Balaban J connectivity index is 1.74. The number of carbonyl (C=O) groups is 1. The van der Waals surface area contributed by atoms with Crippen LogP contribution in [0.5, 0.6) is 0 Å². The smallest absolute Gasteiger partial charge is 0.239 e. The maximum Gasteiger partial charge on any atom is 0.239 e. The van der Waals surface area contributed by atoms with Crippen molar-refractivity contribution in [2.45, 2.75) is 19.4 Å². The lowest BCUT2D eigenvalue weighted by molar-refractivity contribution is -0.123. The standard InChI is InChI=1S/C17H22N4OS/c1-13-12-23-17(19-13)21-9-5-8-20(10-11-21)15(16(18)22)14-6-3-2-4-7-14/h2-4,6-7,12,15H,5,8-11H2,1H3,(H2,18,22). The van der Waals surface area contributed by atoms with E-state index in [2.05, 4.69) is 20.2 Å². The van der Waals surface area contributed by atoms with Crippen LogP contribution in [0, 0.1) is 6.92 Å². The highest BCUT2D eigenvalue weighted by atomic mass is 32.1. The van der Waals surface area contributed by atoms with Crippen molar-refractivity contribution in [3.8, 4) is 0 Å². The van der Waals surface area contributed by atoms with Gasteiger partial charge in [-0.2, -0.15) is 0 Å². The normalized spacial score (nSPS) is 17.7. The van der Waals surface area contributed by atoms with E-state index in [1.165, 1.54) is 0 Å². The molecule has 1 aliphatic rings. The zero-order valence-electron chi connectivity index (χ0n) is 13.3. The second-order valence-corrected chi connectivity index (χ2v) is 6.70. The molecule has 1 aliphatic heterocycles. The molecule has 0 spiro atoms. The summed E-state index contributed by atoms with van der Waals surface area (Å²) in [7, 11) is 0. The van der Waals surface area contributed by atoms with E-state index in [1.54, 1.807) is 11.3 Å². The molecule has 2 N–H and O–H groups in total. The average molecular weight is 330 g/mol. The first-order valence-corrected chi connectivity index (χ1v) is 8.78. The number of anilines is 1. The van der Waals surface area contributed by atoms with Gasteiger partial charge in [-0.3, -0.25) is 9.69 Å². The fourth-order valence-electron chi connectivity index (χ4n) is 3.06. The van der Waals surface area contributed by atoms with Gasteiger partial charge in [-0.25, -0.2) is 4.98 Å². The molecule has 0 saturated carbocycles. The van der Waals surface area contributed by atoms with Gasteiger partial charge in [0.25, 0.3) is 0 Å². The summed E-state index contributed by atoms with van der Waals surface area (Å²) in [6.45, 7) is 5.51. The maximum absolute atomic E-state index is 12.0. The van der Waals surface area contributed by atoms with E-state index in [0.29, 0.717) is 0 Å². The second kappa shape index (κ2) is 7.10. The third-order valence-electron chi connectivity index (χ3n) is 4.16. The first kappa shape index (κ1) is 16.0. The molecule has 23 heavy (non-hydrogen) atoms. The summed E-state index contributed by atoms with van der Waals surface area (Å²) < 4.78 is 0. The van der Waals surface area contributed by atoms with Gasteiger partial charge in [-0.05, 0) is 18.9 Å². The van der Waals surface area contributed by atoms with Crippen LogP contribution in [0.2, 0.25) is 0 Å². The SMILES string of the molecule is Cc1csc(N2CCCN(C(C(N)=O)c3ccccc3)CC2)n1. The number of hydrogen-bond acceptors (Lipinski definition) is 5. The van der Waals surface area contributed by atoms with Gasteiger partial charge in [0.15, 0.2) is 5.13 Å². The molecule has 6 heteroatoms. The van der Waals surface area contributed by atoms with Gasteiger partial charge in [0, 0.05) is 31.6 Å². The summed E-state index contributed by atoms with van der Waals surface area (Å²) >= 11 is 1.68. The Labute approximate surface area is 140 Å². The molecule has 1 aromatic carbocycles. The van der Waals surface area contributed by atoms with Crippen LogP contribution in [-0.2, 0) is 4.79 Å². The molecule has 3 rings (SSSR count). The summed E-state index contributed by atoms with van der Waals surface area (Å²) in [5.41, 5.74) is 7.73. The highest BCUT2D eigenvalue weighted by molar-refractivity contribution is 7.13. The number of thiazole rings is 1. The molecule has 2 aromatic rings. The van der Waals surface area contributed by atoms with Crippen LogP contribution in [0.3, 0.4) is 0 Å². The van der Waals surface area contributed by atoms with E-state index in [-0.39, 0.29) is 11.9 Å². The number of benzene rings is 1. The summed E-state index contributed by atoms with van der Waals surface area (Å²) in [6, 6.07) is 9.46. The average Bonchev–Trinajstić information content (AvgIpc) is 2.83. The number of rotatable bonds is 4. The van der Waals surface area contributed by atoms with E-state index >= 15 is 0 Å². The number of primary amides is 1. The van der Waals surface area contributed by atoms with Crippen molar-refractivity contribution < 1.29 is 4.79 Å². The molecule has 1 amide bonds. The molecule has 2 heterocycles. The van der Waals surface area contributed by atoms with Crippen molar-refractivity contribution in [2.24, 2.45) is 5.73 Å². The van der Waals surface area contributed by atoms with Crippen LogP contribution in [0.4, 0.5) is 5.13 Å². The van der Waals surface area contributed by atoms with Crippen LogP contribution in [0.25, 0.3) is 0 Å². The largest absolute Gasteiger partial charge is 0.368 e. The molecule has 1 unspecified atom stereocenters. The zero-order valence-corrected chi connectivity index (χ0v) is 14.1. The monoisotopic (exact) mass is 330 g/mol. The van der Waals surface area contributed by atoms with Crippen LogP contribution in [0.15, 0.2) is 35.7 Å². The molecular weight excluding hydrogens is 308 g/mol. The van der Waals surface area contributed by atoms with Gasteiger partial charge in [0.2, 0.25) is 5.91 Å². The minimum Gasteiger partial charge on any atom is -0.368 e. The molecule has 0 radical (unpaired) electrons. The lowest BCUT2D eigenvalue weighted by Crippen LogP contribution is -2.40. The van der Waals surface area contributed by atoms with Gasteiger partial charge in [0.05, 0.1) is 5.69 Å². The fourth-order valence-corrected chi connectivity index (χ4v) is 3.92. The second-order valence-electron chi connectivity index (χ2n) is 5.86. The fraction of sp³-hybridized carbons (Fsp3) is 0.412. The van der Waals surface area contributed by atoms with Crippen LogP contribution < -0.4 is 10.6 Å². The predicted molar refractivity (Wildman–Crippen MR) is 93.6 cm³/mol. The Morgan fingerprint density at radius 3 is 2.65 bits per heavy atom. The molecule has 0 bridgehead atoms. The van der Waals surface area contributed by atoms with Gasteiger partial charge < -0.3 is 10.6 Å². The van der Waals surface area contributed by atoms with Gasteiger partial charge in [-0.1, -0.05) is 30.3 Å². The lowest BCUT2D eigenvalue weighted by Gasteiger charge is -2.28. The van der Waals surface area contributed by atoms with Crippen molar-refractivity contribution in [1.82, 2.24) is 9.88 Å². The van der Waals surface area contributed by atoms with E-state index in [4.69, 9.17) is 5.73 Å². The number of nitrogens with two attached hydrogens (primary N) is 1. The molecular formula is C17H22N4OS. The minimum absolute atomic E-state index is 0.283. The van der Waals surface area contributed by atoms with Crippen molar-refractivity contribution in [3.05, 3.63) is 47.0 Å². The third kappa shape index (κ3) is 3.71. The number of nitrogens with zero attached hydrogens (tertiary/aromatic N) is 3. The highest BCUT2D eigenvalue weighted by Crippen LogP contribution is 2.25. The molecule has 122 valence electrons. The Morgan fingerprint density at radius 2 is 2.00 bits per heavy atom. The van der Waals surface area contributed by atoms with Crippen LogP contribution in [-0.4, -0.2) is 42.0 Å². The maximum atomic E-state index is 12.0. The number of hydrogen-bond donors (Lipinski definition) is 1. The van der Waals surface area contributed by atoms with Gasteiger partial charge in [0.1, 0.15) is 6.04 Å². The van der Waals surface area contributed by atoms with Crippen molar-refractivity contribution >= 4 is 22.4 Å². The van der Waals surface area contributed by atoms with Crippen LogP contribution >= 0.6 is 11.3 Å². The molecule has 1 fully saturated rings. The highest BCUT2D eigenvalue weighted by Gasteiger charge is 2.28. The molecule has 1 atom stereocenters. The Bertz CT molecular complexity index is 658. The minimum atomic E-state index is -0.353. The Morgan fingerprint density at radius 1 is 1.22 bits per heavy atom. The molecule has 5 nitrogen and oxygen atoms in total. The summed E-state index contributed by atoms with van der Waals surface area (Å²) in [4.78, 5) is 21.1. The number of aryl methyl sites for hydroxylation is 1. The predicted octanol–water partition coefficient (Wildman–Crippen LogP) is 2.19. The molecule has 1 aromatic heterocycles. The summed E-state index contributed by atoms with van der Waals surface area (Å²) in [5, 5.41) is 3.15. The summed E-state index contributed by atoms with van der Waals surface area (Å²) in [5.74, 6) is -0.283. The van der Waals surface area contributed by atoms with E-state index in [0.717, 1.165) is 49.0 Å². The lowest BCUT2D eigenvalue weighted by atomic mass is 10.0. The quantitative estimate of drug-likeness (QED) is 0.933.